The number of nitrogens with zero attached hydrogens (tertiary/aromatic N) is 1. The molecule has 1 aromatic heterocycles. The van der Waals surface area contributed by atoms with Crippen LogP contribution in [0.4, 0.5) is 0 Å². The topological polar surface area (TPSA) is 24.9 Å². The smallest absolute Gasteiger partial charge is 0.0541 e. The molecule has 0 amide bonds. The van der Waals surface area contributed by atoms with E-state index in [1.54, 1.807) is 0 Å². The summed E-state index contributed by atoms with van der Waals surface area (Å²) in [6, 6.07) is 34.8. The maximum atomic E-state index is 4.43. The van der Waals surface area contributed by atoms with Gasteiger partial charge in [0, 0.05) is 12.7 Å². The van der Waals surface area contributed by atoms with E-state index in [0.717, 1.165) is 12.2 Å². The monoisotopic (exact) mass is 383 g/mol. The first-order valence-corrected chi connectivity index (χ1v) is 11.0. The van der Waals surface area contributed by atoms with Crippen LogP contribution in [0.25, 0.3) is 0 Å². The third kappa shape index (κ3) is 4.25. The van der Waals surface area contributed by atoms with Crippen LogP contribution in [0.1, 0.15) is 24.2 Å². The Balaban J connectivity index is 1.64. The number of rotatable bonds is 7. The summed E-state index contributed by atoms with van der Waals surface area (Å²) in [6.45, 7) is 3.01. The second-order valence-corrected chi connectivity index (χ2v) is 8.98. The molecule has 1 heterocycles. The fourth-order valence-electron chi connectivity index (χ4n) is 3.45. The Labute approximate surface area is 168 Å². The Kier molecular flexibility index (Phi) is 6.01. The van der Waals surface area contributed by atoms with Crippen molar-refractivity contribution >= 4 is 23.8 Å². The summed E-state index contributed by atoms with van der Waals surface area (Å²) in [5.41, 5.74) is 2.44. The largest absolute Gasteiger partial charge is 0.315 e. The summed E-state index contributed by atoms with van der Waals surface area (Å²) in [4.78, 5) is 4.43. The molecule has 0 saturated carbocycles. The average molecular weight is 383 g/mol. The van der Waals surface area contributed by atoms with Crippen molar-refractivity contribution in [1.82, 2.24) is 10.3 Å². The number of nitrogens with one attached hydrogen (secondary N) is 1. The van der Waals surface area contributed by atoms with E-state index in [1.807, 2.05) is 18.3 Å². The van der Waals surface area contributed by atoms with Crippen molar-refractivity contribution in [2.24, 2.45) is 0 Å². The van der Waals surface area contributed by atoms with Gasteiger partial charge >= 0.3 is 0 Å². The molecule has 0 aliphatic heterocycles. The second kappa shape index (κ2) is 9.01. The Bertz CT molecular complexity index is 941. The molecule has 3 heteroatoms. The fourth-order valence-corrected chi connectivity index (χ4v) is 6.00. The minimum atomic E-state index is -0.583. The van der Waals surface area contributed by atoms with Gasteiger partial charge in [0.2, 0.25) is 0 Å². The molecule has 0 fully saturated rings. The summed E-state index contributed by atoms with van der Waals surface area (Å²) in [6.07, 6.45) is 1.85. The molecule has 2 nitrogen and oxygen atoms in total. The maximum absolute atomic E-state index is 4.43. The van der Waals surface area contributed by atoms with Crippen molar-refractivity contribution < 1.29 is 0 Å². The highest BCUT2D eigenvalue weighted by Crippen LogP contribution is 2.35. The standard InChI is InChI=1S/C25H24N2P/c1-20(27-19-21-11-8-9-18-26-21)24-16-10-17-25(24)28(22-12-4-2-5-13-22)23-14-6-3-7-15-23/h2-18,20,27H,19H2,1H3/q-1/t20-/m1/s1. The highest BCUT2D eigenvalue weighted by atomic mass is 31.1. The number of aromatic nitrogens is 1. The third-order valence-corrected chi connectivity index (χ3v) is 7.40. The third-order valence-electron chi connectivity index (χ3n) is 4.88. The second-order valence-electron chi connectivity index (χ2n) is 6.80. The lowest BCUT2D eigenvalue weighted by Crippen LogP contribution is -2.26. The van der Waals surface area contributed by atoms with Crippen LogP contribution in [0, 0.1) is 0 Å². The molecule has 0 unspecified atom stereocenters. The van der Waals surface area contributed by atoms with Crippen molar-refractivity contribution in [2.45, 2.75) is 19.5 Å². The van der Waals surface area contributed by atoms with Crippen LogP contribution in [-0.2, 0) is 6.54 Å². The van der Waals surface area contributed by atoms with Crippen LogP contribution in [-0.4, -0.2) is 4.98 Å². The van der Waals surface area contributed by atoms with Crippen molar-refractivity contribution in [3.8, 4) is 0 Å². The van der Waals surface area contributed by atoms with E-state index in [9.17, 15) is 0 Å². The predicted molar refractivity (Wildman–Crippen MR) is 120 cm³/mol. The van der Waals surface area contributed by atoms with E-state index in [4.69, 9.17) is 0 Å². The lowest BCUT2D eigenvalue weighted by atomic mass is 10.1. The molecule has 0 saturated heterocycles. The van der Waals surface area contributed by atoms with Gasteiger partial charge < -0.3 is 5.32 Å². The summed E-state index contributed by atoms with van der Waals surface area (Å²) in [5.74, 6) is 0. The molecule has 0 aliphatic carbocycles. The molecule has 140 valence electrons. The molecule has 4 rings (SSSR count). The molecule has 0 bridgehead atoms. The van der Waals surface area contributed by atoms with Crippen molar-refractivity contribution in [3.05, 3.63) is 115 Å². The van der Waals surface area contributed by atoms with E-state index in [-0.39, 0.29) is 6.04 Å². The van der Waals surface area contributed by atoms with Gasteiger partial charge in [-0.3, -0.25) is 4.98 Å². The van der Waals surface area contributed by atoms with Crippen molar-refractivity contribution in [3.63, 3.8) is 0 Å². The zero-order valence-electron chi connectivity index (χ0n) is 16.0. The van der Waals surface area contributed by atoms with E-state index < -0.39 is 7.92 Å². The fraction of sp³-hybridized carbons (Fsp3) is 0.120. The SMILES string of the molecule is C[C@@H](NCc1ccccn1)[c-]1cccc1P(c1ccccc1)c1ccccc1. The van der Waals surface area contributed by atoms with E-state index >= 15 is 0 Å². The van der Waals surface area contributed by atoms with Crippen molar-refractivity contribution in [2.75, 3.05) is 0 Å². The van der Waals surface area contributed by atoms with Crippen LogP contribution in [0.5, 0.6) is 0 Å². The number of pyridine rings is 1. The Morgan fingerprint density at radius 2 is 1.46 bits per heavy atom. The Morgan fingerprint density at radius 1 is 0.821 bits per heavy atom. The first-order valence-electron chi connectivity index (χ1n) is 9.62. The molecule has 0 spiro atoms. The van der Waals surface area contributed by atoms with Gasteiger partial charge in [-0.2, -0.15) is 6.07 Å². The summed E-state index contributed by atoms with van der Waals surface area (Å²) < 4.78 is 0. The molecule has 0 radical (unpaired) electrons. The number of benzene rings is 2. The summed E-state index contributed by atoms with van der Waals surface area (Å²) in [5, 5.41) is 7.84. The zero-order valence-corrected chi connectivity index (χ0v) is 16.9. The molecule has 0 aliphatic rings. The minimum absolute atomic E-state index is 0.254. The first-order chi connectivity index (χ1) is 13.8. The van der Waals surface area contributed by atoms with Gasteiger partial charge in [0.15, 0.2) is 0 Å². The number of hydrogen-bond acceptors (Lipinski definition) is 2. The Morgan fingerprint density at radius 3 is 2.07 bits per heavy atom. The summed E-state index contributed by atoms with van der Waals surface area (Å²) in [7, 11) is -0.583. The van der Waals surface area contributed by atoms with Gasteiger partial charge in [-0.05, 0) is 36.7 Å². The number of hydrogen-bond donors (Lipinski definition) is 1. The van der Waals surface area contributed by atoms with Crippen LogP contribution in [0.2, 0.25) is 0 Å². The molecular formula is C25H24N2P-. The molecule has 28 heavy (non-hydrogen) atoms. The predicted octanol–water partition coefficient (Wildman–Crippen LogP) is 4.41. The van der Waals surface area contributed by atoms with Gasteiger partial charge in [0.05, 0.1) is 5.69 Å². The van der Waals surface area contributed by atoms with Gasteiger partial charge in [-0.15, -0.1) is 10.9 Å². The molecular weight excluding hydrogens is 359 g/mol. The molecule has 1 atom stereocenters. The van der Waals surface area contributed by atoms with Crippen molar-refractivity contribution in [1.29, 1.82) is 0 Å². The van der Waals surface area contributed by atoms with E-state index in [0.29, 0.717) is 0 Å². The first kappa shape index (κ1) is 18.7. The van der Waals surface area contributed by atoms with Crippen LogP contribution in [0.3, 0.4) is 0 Å². The lowest BCUT2D eigenvalue weighted by molar-refractivity contribution is 0.571. The van der Waals surface area contributed by atoms with Crippen LogP contribution in [0.15, 0.2) is 103 Å². The van der Waals surface area contributed by atoms with Crippen LogP contribution >= 0.6 is 7.92 Å². The van der Waals surface area contributed by atoms with E-state index in [2.05, 4.69) is 102 Å². The van der Waals surface area contributed by atoms with Gasteiger partial charge in [-0.1, -0.05) is 73.7 Å². The highest BCUT2D eigenvalue weighted by molar-refractivity contribution is 7.79. The average Bonchev–Trinajstić information content (AvgIpc) is 3.24. The molecule has 1 N–H and O–H groups in total. The van der Waals surface area contributed by atoms with Gasteiger partial charge in [0.1, 0.15) is 0 Å². The van der Waals surface area contributed by atoms with Gasteiger partial charge in [0.25, 0.3) is 0 Å². The normalized spacial score (nSPS) is 12.2. The molecule has 3 aromatic carbocycles. The van der Waals surface area contributed by atoms with E-state index in [1.165, 1.54) is 21.5 Å². The highest BCUT2D eigenvalue weighted by Gasteiger charge is 2.17. The van der Waals surface area contributed by atoms with Crippen LogP contribution < -0.4 is 21.2 Å². The zero-order chi connectivity index (χ0) is 19.2. The lowest BCUT2D eigenvalue weighted by Gasteiger charge is -2.28. The quantitative estimate of drug-likeness (QED) is 0.378. The maximum Gasteiger partial charge on any atom is 0.0541 e. The summed E-state index contributed by atoms with van der Waals surface area (Å²) >= 11 is 0. The molecule has 4 aromatic rings. The Hall–Kier alpha value is -2.67. The minimum Gasteiger partial charge on any atom is -0.315 e. The van der Waals surface area contributed by atoms with Gasteiger partial charge in [-0.25, -0.2) is 12.1 Å².